The fourth-order valence-electron chi connectivity index (χ4n) is 8.37. The summed E-state index contributed by atoms with van der Waals surface area (Å²) >= 11 is 0. The number of hydrogen-bond donors (Lipinski definition) is 0. The lowest BCUT2D eigenvalue weighted by Gasteiger charge is -2.27. The summed E-state index contributed by atoms with van der Waals surface area (Å²) in [6.45, 7) is 0. The van der Waals surface area contributed by atoms with Gasteiger partial charge in [0.15, 0.2) is 0 Å². The number of nitrogens with zero attached hydrogens (tertiary/aromatic N) is 1. The maximum absolute atomic E-state index is 6.67. The van der Waals surface area contributed by atoms with Gasteiger partial charge in [-0.15, -0.1) is 0 Å². The van der Waals surface area contributed by atoms with Gasteiger partial charge in [-0.05, 0) is 108 Å². The van der Waals surface area contributed by atoms with E-state index in [0.29, 0.717) is 0 Å². The molecule has 0 amide bonds. The van der Waals surface area contributed by atoms with Gasteiger partial charge in [-0.3, -0.25) is 0 Å². The second-order valence-corrected chi connectivity index (χ2v) is 13.7. The van der Waals surface area contributed by atoms with Crippen LogP contribution in [-0.4, -0.2) is 0 Å². The zero-order valence-electron chi connectivity index (χ0n) is 28.3. The van der Waals surface area contributed by atoms with Crippen LogP contribution < -0.4 is 4.90 Å². The van der Waals surface area contributed by atoms with E-state index in [1.54, 1.807) is 0 Å². The van der Waals surface area contributed by atoms with Crippen molar-refractivity contribution >= 4 is 92.9 Å². The van der Waals surface area contributed by atoms with E-state index >= 15 is 0 Å². The molecule has 1 heterocycles. The van der Waals surface area contributed by atoms with Crippen LogP contribution in [0.1, 0.15) is 0 Å². The molecule has 0 aliphatic carbocycles. The van der Waals surface area contributed by atoms with Gasteiger partial charge in [0.1, 0.15) is 11.2 Å². The Morgan fingerprint density at radius 1 is 0.346 bits per heavy atom. The van der Waals surface area contributed by atoms with Crippen LogP contribution in [0.5, 0.6) is 0 Å². The summed E-state index contributed by atoms with van der Waals surface area (Å²) < 4.78 is 6.67. The van der Waals surface area contributed by atoms with Gasteiger partial charge in [0.05, 0.1) is 11.1 Å². The lowest BCUT2D eigenvalue weighted by atomic mass is 9.93. The number of fused-ring (bicyclic) bond motifs is 11. The van der Waals surface area contributed by atoms with Crippen molar-refractivity contribution in [1.29, 1.82) is 0 Å². The average molecular weight is 662 g/mol. The molecule has 10 aromatic carbocycles. The predicted octanol–water partition coefficient (Wildman–Crippen LogP) is 14.5. The minimum Gasteiger partial charge on any atom is -0.455 e. The minimum absolute atomic E-state index is 0.875. The maximum atomic E-state index is 6.67. The van der Waals surface area contributed by atoms with Crippen LogP contribution in [0.3, 0.4) is 0 Å². The molecule has 2 nitrogen and oxygen atoms in total. The van der Waals surface area contributed by atoms with E-state index in [2.05, 4.69) is 193 Å². The van der Waals surface area contributed by atoms with E-state index in [1.165, 1.54) is 59.6 Å². The second-order valence-electron chi connectivity index (χ2n) is 13.7. The highest BCUT2D eigenvalue weighted by Crippen LogP contribution is 2.46. The third kappa shape index (κ3) is 4.38. The third-order valence-electron chi connectivity index (χ3n) is 10.8. The molecule has 0 atom stereocenters. The Morgan fingerprint density at radius 2 is 0.904 bits per heavy atom. The first kappa shape index (κ1) is 28.9. The molecule has 1 aromatic heterocycles. The Balaban J connectivity index is 1.14. The van der Waals surface area contributed by atoms with E-state index in [1.807, 2.05) is 0 Å². The van der Waals surface area contributed by atoms with Gasteiger partial charge in [-0.1, -0.05) is 140 Å². The number of anilines is 3. The molecule has 0 bridgehead atoms. The molecule has 0 fully saturated rings. The highest BCUT2D eigenvalue weighted by molar-refractivity contribution is 6.20. The summed E-state index contributed by atoms with van der Waals surface area (Å²) in [7, 11) is 0. The van der Waals surface area contributed by atoms with E-state index in [-0.39, 0.29) is 0 Å². The van der Waals surface area contributed by atoms with E-state index in [4.69, 9.17) is 4.42 Å². The van der Waals surface area contributed by atoms with Gasteiger partial charge >= 0.3 is 0 Å². The van der Waals surface area contributed by atoms with Gasteiger partial charge in [0.2, 0.25) is 0 Å². The second kappa shape index (κ2) is 11.3. The fraction of sp³-hybridized carbons (Fsp3) is 0. The molecule has 52 heavy (non-hydrogen) atoms. The summed E-state index contributed by atoms with van der Waals surface area (Å²) in [5.41, 5.74) is 7.47. The smallest absolute Gasteiger partial charge is 0.143 e. The molecule has 0 spiro atoms. The molecule has 0 radical (unpaired) electrons. The number of furan rings is 1. The van der Waals surface area contributed by atoms with Gasteiger partial charge in [0, 0.05) is 22.1 Å². The van der Waals surface area contributed by atoms with Gasteiger partial charge in [0.25, 0.3) is 0 Å². The summed E-state index contributed by atoms with van der Waals surface area (Å²) in [5.74, 6) is 0. The number of benzene rings is 10. The first-order valence-corrected chi connectivity index (χ1v) is 17.8. The molecular weight excluding hydrogens is 631 g/mol. The summed E-state index contributed by atoms with van der Waals surface area (Å²) in [6, 6.07) is 68.1. The van der Waals surface area contributed by atoms with Crippen LogP contribution >= 0.6 is 0 Å². The molecule has 2 heteroatoms. The molecule has 0 N–H and O–H groups in total. The number of hydrogen-bond acceptors (Lipinski definition) is 2. The van der Waals surface area contributed by atoms with Crippen molar-refractivity contribution in [2.45, 2.75) is 0 Å². The van der Waals surface area contributed by atoms with Crippen LogP contribution in [0, 0.1) is 0 Å². The lowest BCUT2D eigenvalue weighted by Crippen LogP contribution is -2.10. The molecule has 0 saturated carbocycles. The average Bonchev–Trinajstić information content (AvgIpc) is 3.61. The van der Waals surface area contributed by atoms with E-state index < -0.39 is 0 Å². The van der Waals surface area contributed by atoms with Crippen LogP contribution in [0.4, 0.5) is 17.1 Å². The van der Waals surface area contributed by atoms with Crippen molar-refractivity contribution in [3.8, 4) is 11.1 Å². The predicted molar refractivity (Wildman–Crippen MR) is 221 cm³/mol. The van der Waals surface area contributed by atoms with E-state index in [9.17, 15) is 0 Å². The van der Waals surface area contributed by atoms with Crippen molar-refractivity contribution in [2.24, 2.45) is 0 Å². The zero-order chi connectivity index (χ0) is 34.2. The number of rotatable bonds is 4. The van der Waals surface area contributed by atoms with E-state index in [0.717, 1.165) is 44.4 Å². The van der Waals surface area contributed by atoms with Crippen LogP contribution in [0.15, 0.2) is 192 Å². The molecule has 11 rings (SSSR count). The van der Waals surface area contributed by atoms with Gasteiger partial charge in [-0.2, -0.15) is 0 Å². The Bertz CT molecular complexity index is 3190. The first-order valence-electron chi connectivity index (χ1n) is 17.8. The summed E-state index contributed by atoms with van der Waals surface area (Å²) in [4.78, 5) is 2.39. The summed E-state index contributed by atoms with van der Waals surface area (Å²) in [6.07, 6.45) is 0. The third-order valence-corrected chi connectivity index (χ3v) is 10.8. The molecule has 0 unspecified atom stereocenters. The Morgan fingerprint density at radius 3 is 1.71 bits per heavy atom. The zero-order valence-corrected chi connectivity index (χ0v) is 28.3. The summed E-state index contributed by atoms with van der Waals surface area (Å²) in [5, 5.41) is 14.5. The highest BCUT2D eigenvalue weighted by atomic mass is 16.3. The van der Waals surface area contributed by atoms with Gasteiger partial charge in [-0.25, -0.2) is 0 Å². The van der Waals surface area contributed by atoms with Crippen molar-refractivity contribution < 1.29 is 4.42 Å². The van der Waals surface area contributed by atoms with Crippen LogP contribution in [-0.2, 0) is 0 Å². The van der Waals surface area contributed by atoms with Crippen molar-refractivity contribution in [3.63, 3.8) is 0 Å². The highest BCUT2D eigenvalue weighted by Gasteiger charge is 2.21. The Kier molecular flexibility index (Phi) is 6.28. The minimum atomic E-state index is 0.875. The Hall–Kier alpha value is -6.90. The largest absolute Gasteiger partial charge is 0.455 e. The monoisotopic (exact) mass is 661 g/mol. The Labute approximate surface area is 300 Å². The molecule has 0 aliphatic rings. The standard InChI is InChI=1S/C50H31NO/c1-4-13-39-32(10-1)20-21-36-30-38(27-29-41(36)39)51(47-18-9-19-48-49(47)45-28-24-33-11-2-6-15-42(33)50(45)52-48)37-25-22-34(23-26-37)46-31-35-12-3-5-14-40(35)43-16-7-8-17-44(43)46/h1-31H. The SMILES string of the molecule is c1ccc2c(c1)ccc1cc(N(c3ccc(-c4cc5ccccc5c5ccccc45)cc3)c3cccc4oc5c6ccccc6ccc5c34)ccc12. The quantitative estimate of drug-likeness (QED) is 0.175. The molecular formula is C50H31NO. The fourth-order valence-corrected chi connectivity index (χ4v) is 8.37. The van der Waals surface area contributed by atoms with Crippen molar-refractivity contribution in [3.05, 3.63) is 188 Å². The maximum Gasteiger partial charge on any atom is 0.143 e. The topological polar surface area (TPSA) is 16.4 Å². The van der Waals surface area contributed by atoms with Crippen LogP contribution in [0.2, 0.25) is 0 Å². The molecule has 0 aliphatic heterocycles. The van der Waals surface area contributed by atoms with Crippen LogP contribution in [0.25, 0.3) is 86.9 Å². The normalized spacial score (nSPS) is 11.8. The van der Waals surface area contributed by atoms with Crippen molar-refractivity contribution in [1.82, 2.24) is 0 Å². The lowest BCUT2D eigenvalue weighted by molar-refractivity contribution is 0.672. The van der Waals surface area contributed by atoms with Crippen molar-refractivity contribution in [2.75, 3.05) is 4.90 Å². The van der Waals surface area contributed by atoms with Gasteiger partial charge < -0.3 is 9.32 Å². The molecule has 0 saturated heterocycles. The molecule has 11 aromatic rings. The first-order chi connectivity index (χ1) is 25.8. The molecule has 242 valence electrons.